The van der Waals surface area contributed by atoms with Crippen LogP contribution in [-0.2, 0) is 30.7 Å². The topological polar surface area (TPSA) is 113 Å². The molecule has 11 heteroatoms. The Bertz CT molecular complexity index is 1260. The molecular formula is C23H23FN6O2S2. The quantitative estimate of drug-likeness (QED) is 0.456. The third-order valence-corrected chi connectivity index (χ3v) is 7.68. The van der Waals surface area contributed by atoms with Gasteiger partial charge in [0.2, 0.25) is 5.91 Å². The Morgan fingerprint density at radius 1 is 1.26 bits per heavy atom. The van der Waals surface area contributed by atoms with Crippen molar-refractivity contribution in [1.29, 1.82) is 5.26 Å². The first-order chi connectivity index (χ1) is 16.5. The minimum Gasteiger partial charge on any atom is -0.345 e. The molecular weight excluding hydrogens is 475 g/mol. The molecule has 0 radical (unpaired) electrons. The predicted molar refractivity (Wildman–Crippen MR) is 128 cm³/mol. The lowest BCUT2D eigenvalue weighted by Gasteiger charge is -2.09. The van der Waals surface area contributed by atoms with Crippen molar-refractivity contribution in [2.45, 2.75) is 50.9 Å². The van der Waals surface area contributed by atoms with Crippen LogP contribution in [-0.4, -0.2) is 32.3 Å². The predicted octanol–water partition coefficient (Wildman–Crippen LogP) is 3.91. The van der Waals surface area contributed by atoms with Crippen LogP contribution < -0.4 is 10.6 Å². The highest BCUT2D eigenvalue weighted by molar-refractivity contribution is 7.99. The summed E-state index contributed by atoms with van der Waals surface area (Å²) in [5.74, 6) is -0.741. The molecule has 3 aromatic rings. The van der Waals surface area contributed by atoms with Crippen LogP contribution in [0.4, 0.5) is 9.39 Å². The van der Waals surface area contributed by atoms with Crippen LogP contribution in [0, 0.1) is 17.1 Å². The van der Waals surface area contributed by atoms with E-state index in [0.717, 1.165) is 31.2 Å². The van der Waals surface area contributed by atoms with Crippen LogP contribution in [0.5, 0.6) is 0 Å². The summed E-state index contributed by atoms with van der Waals surface area (Å²) in [6.45, 7) is 2.52. The molecule has 0 aliphatic heterocycles. The van der Waals surface area contributed by atoms with E-state index in [1.807, 2.05) is 6.92 Å². The van der Waals surface area contributed by atoms with Gasteiger partial charge in [0, 0.05) is 11.4 Å². The maximum atomic E-state index is 13.8. The molecule has 2 amide bonds. The second kappa shape index (κ2) is 10.8. The number of benzene rings is 1. The van der Waals surface area contributed by atoms with Crippen molar-refractivity contribution in [1.82, 2.24) is 20.1 Å². The molecule has 0 saturated heterocycles. The highest BCUT2D eigenvalue weighted by atomic mass is 32.2. The monoisotopic (exact) mass is 498 g/mol. The van der Waals surface area contributed by atoms with Crippen LogP contribution in [0.15, 0.2) is 29.4 Å². The van der Waals surface area contributed by atoms with Gasteiger partial charge in [0.05, 0.1) is 23.4 Å². The summed E-state index contributed by atoms with van der Waals surface area (Å²) in [7, 11) is 0. The van der Waals surface area contributed by atoms with Crippen molar-refractivity contribution in [2.24, 2.45) is 0 Å². The summed E-state index contributed by atoms with van der Waals surface area (Å²) in [6.07, 6.45) is 4.01. The average molecular weight is 499 g/mol. The molecule has 0 spiro atoms. The van der Waals surface area contributed by atoms with Gasteiger partial charge >= 0.3 is 0 Å². The summed E-state index contributed by atoms with van der Waals surface area (Å²) < 4.78 is 15.6. The Morgan fingerprint density at radius 3 is 2.82 bits per heavy atom. The zero-order chi connectivity index (χ0) is 24.1. The number of rotatable bonds is 8. The standard InChI is InChI=1S/C23H23FN6O2S2/c1-2-30-19(12-26-21(32)15-8-3-5-9-17(15)24)28-29-23(30)33-13-20(31)27-22-16(11-25)14-7-4-6-10-18(14)34-22/h3,5,8-9H,2,4,6-7,10,12-13H2,1H3,(H,26,32)(H,27,31). The van der Waals surface area contributed by atoms with Crippen LogP contribution in [0.1, 0.15) is 52.0 Å². The number of amides is 2. The smallest absolute Gasteiger partial charge is 0.254 e. The highest BCUT2D eigenvalue weighted by Gasteiger charge is 2.22. The van der Waals surface area contributed by atoms with E-state index < -0.39 is 11.7 Å². The lowest BCUT2D eigenvalue weighted by molar-refractivity contribution is -0.113. The van der Waals surface area contributed by atoms with Gasteiger partial charge in [0.15, 0.2) is 11.0 Å². The van der Waals surface area contributed by atoms with Crippen molar-refractivity contribution >= 4 is 39.9 Å². The van der Waals surface area contributed by atoms with Gasteiger partial charge < -0.3 is 15.2 Å². The van der Waals surface area contributed by atoms with E-state index in [-0.39, 0.29) is 23.8 Å². The first kappa shape index (κ1) is 23.9. The fraction of sp³-hybridized carbons (Fsp3) is 0.348. The zero-order valence-corrected chi connectivity index (χ0v) is 20.2. The molecule has 1 aliphatic carbocycles. The molecule has 2 aromatic heterocycles. The number of nitrogens with zero attached hydrogens (tertiary/aromatic N) is 4. The number of aromatic nitrogens is 3. The molecule has 0 bridgehead atoms. The van der Waals surface area contributed by atoms with Crippen molar-refractivity contribution < 1.29 is 14.0 Å². The lowest BCUT2D eigenvalue weighted by atomic mass is 9.96. The number of halogens is 1. The van der Waals surface area contributed by atoms with E-state index in [0.29, 0.717) is 28.1 Å². The molecule has 2 heterocycles. The maximum Gasteiger partial charge on any atom is 0.254 e. The summed E-state index contributed by atoms with van der Waals surface area (Å²) >= 11 is 2.72. The minimum absolute atomic E-state index is 0.0386. The SMILES string of the molecule is CCn1c(CNC(=O)c2ccccc2F)nnc1SCC(=O)Nc1sc2c(c1C#N)CCCC2. The molecule has 8 nitrogen and oxygen atoms in total. The number of hydrogen-bond donors (Lipinski definition) is 2. The molecule has 2 N–H and O–H groups in total. The van der Waals surface area contributed by atoms with Gasteiger partial charge in [-0.2, -0.15) is 5.26 Å². The Hall–Kier alpha value is -3.23. The van der Waals surface area contributed by atoms with Crippen LogP contribution in [0.2, 0.25) is 0 Å². The Labute approximate surface area is 204 Å². The lowest BCUT2D eigenvalue weighted by Crippen LogP contribution is -2.25. The maximum absolute atomic E-state index is 13.8. The molecule has 0 saturated carbocycles. The molecule has 176 valence electrons. The Morgan fingerprint density at radius 2 is 2.06 bits per heavy atom. The number of aryl methyl sites for hydroxylation is 1. The second-order valence-corrected chi connectivity index (χ2v) is 9.72. The molecule has 4 rings (SSSR count). The number of anilines is 1. The van der Waals surface area contributed by atoms with E-state index in [1.54, 1.807) is 10.6 Å². The van der Waals surface area contributed by atoms with Gasteiger partial charge in [-0.3, -0.25) is 9.59 Å². The number of carbonyl (C=O) groups is 2. The Kier molecular flexibility index (Phi) is 7.59. The summed E-state index contributed by atoms with van der Waals surface area (Å²) in [4.78, 5) is 26.1. The van der Waals surface area contributed by atoms with E-state index in [4.69, 9.17) is 0 Å². The number of thioether (sulfide) groups is 1. The first-order valence-corrected chi connectivity index (χ1v) is 12.7. The van der Waals surface area contributed by atoms with Gasteiger partial charge in [-0.1, -0.05) is 23.9 Å². The van der Waals surface area contributed by atoms with Gasteiger partial charge in [-0.05, 0) is 50.3 Å². The highest BCUT2D eigenvalue weighted by Crippen LogP contribution is 2.37. The summed E-state index contributed by atoms with van der Waals surface area (Å²) in [5, 5.41) is 24.5. The number of carbonyl (C=O) groups excluding carboxylic acids is 2. The van der Waals surface area contributed by atoms with Gasteiger partial charge in [-0.25, -0.2) is 4.39 Å². The number of fused-ring (bicyclic) bond motifs is 1. The van der Waals surface area contributed by atoms with E-state index in [9.17, 15) is 19.2 Å². The molecule has 1 aliphatic rings. The molecule has 34 heavy (non-hydrogen) atoms. The zero-order valence-electron chi connectivity index (χ0n) is 18.6. The normalized spacial score (nSPS) is 12.6. The van der Waals surface area contributed by atoms with E-state index in [1.165, 1.54) is 46.2 Å². The Balaban J connectivity index is 1.36. The first-order valence-electron chi connectivity index (χ1n) is 10.9. The largest absolute Gasteiger partial charge is 0.345 e. The van der Waals surface area contributed by atoms with Crippen LogP contribution in [0.3, 0.4) is 0 Å². The van der Waals surface area contributed by atoms with Crippen molar-refractivity contribution in [2.75, 3.05) is 11.1 Å². The van der Waals surface area contributed by atoms with Crippen LogP contribution in [0.25, 0.3) is 0 Å². The minimum atomic E-state index is -0.592. The fourth-order valence-electron chi connectivity index (χ4n) is 3.84. The van der Waals surface area contributed by atoms with E-state index in [2.05, 4.69) is 26.9 Å². The van der Waals surface area contributed by atoms with Crippen molar-refractivity contribution in [3.05, 3.63) is 57.5 Å². The third-order valence-electron chi connectivity index (χ3n) is 5.50. The summed E-state index contributed by atoms with van der Waals surface area (Å²) in [5.41, 5.74) is 1.63. The molecule has 0 unspecified atom stereocenters. The van der Waals surface area contributed by atoms with Crippen molar-refractivity contribution in [3.8, 4) is 6.07 Å². The second-order valence-electron chi connectivity index (χ2n) is 7.67. The number of thiophene rings is 1. The fourth-order valence-corrected chi connectivity index (χ4v) is 5.92. The van der Waals surface area contributed by atoms with Crippen LogP contribution >= 0.6 is 23.1 Å². The molecule has 0 fully saturated rings. The summed E-state index contributed by atoms with van der Waals surface area (Å²) in [6, 6.07) is 8.01. The molecule has 1 aromatic carbocycles. The van der Waals surface area contributed by atoms with E-state index >= 15 is 0 Å². The van der Waals surface area contributed by atoms with Gasteiger partial charge in [0.25, 0.3) is 5.91 Å². The van der Waals surface area contributed by atoms with Gasteiger partial charge in [-0.15, -0.1) is 21.5 Å². The third kappa shape index (κ3) is 5.13. The average Bonchev–Trinajstić information content (AvgIpc) is 3.41. The number of nitrogens with one attached hydrogen (secondary N) is 2. The number of nitriles is 1. The van der Waals surface area contributed by atoms with Crippen molar-refractivity contribution in [3.63, 3.8) is 0 Å². The van der Waals surface area contributed by atoms with Gasteiger partial charge in [0.1, 0.15) is 16.9 Å². The number of hydrogen-bond acceptors (Lipinski definition) is 7. The molecule has 0 atom stereocenters.